The van der Waals surface area contributed by atoms with E-state index in [2.05, 4.69) is 0 Å². The summed E-state index contributed by atoms with van der Waals surface area (Å²) in [5, 5.41) is 10.5. The van der Waals surface area contributed by atoms with E-state index in [4.69, 9.17) is 4.74 Å². The van der Waals surface area contributed by atoms with Crippen LogP contribution in [0.15, 0.2) is 24.3 Å². The molecule has 0 bridgehead atoms. The van der Waals surface area contributed by atoms with Gasteiger partial charge in [0.05, 0.1) is 4.92 Å². The smallest absolute Gasteiger partial charge is 0.313 e. The van der Waals surface area contributed by atoms with Gasteiger partial charge in [-0.1, -0.05) is 0 Å². The van der Waals surface area contributed by atoms with Crippen LogP contribution < -0.4 is 0 Å². The third-order valence-corrected chi connectivity index (χ3v) is 3.09. The average molecular weight is 297 g/mol. The minimum atomic E-state index is -0.575. The molecule has 0 heterocycles. The number of rotatable bonds is 8. The lowest BCUT2D eigenvalue weighted by Gasteiger charge is -2.04. The molecular weight excluding hydrogens is 282 g/mol. The second kappa shape index (κ2) is 8.31. The number of ether oxygens (including phenoxy) is 1. The molecule has 0 saturated heterocycles. The summed E-state index contributed by atoms with van der Waals surface area (Å²) in [6.07, 6.45) is 2.02. The number of benzene rings is 1. The van der Waals surface area contributed by atoms with E-state index < -0.39 is 10.9 Å². The molecule has 0 aliphatic rings. The van der Waals surface area contributed by atoms with Crippen LogP contribution in [-0.2, 0) is 20.9 Å². The Labute approximate surface area is 120 Å². The van der Waals surface area contributed by atoms with Crippen molar-refractivity contribution in [3.8, 4) is 0 Å². The Morgan fingerprint density at radius 3 is 2.50 bits per heavy atom. The zero-order valence-electron chi connectivity index (χ0n) is 11.0. The molecule has 0 atom stereocenters. The van der Waals surface area contributed by atoms with E-state index in [0.717, 1.165) is 0 Å². The van der Waals surface area contributed by atoms with E-state index >= 15 is 0 Å². The number of nitro groups is 1. The fourth-order valence-electron chi connectivity index (χ4n) is 1.39. The normalized spacial score (nSPS) is 10.1. The van der Waals surface area contributed by atoms with Gasteiger partial charge < -0.3 is 4.74 Å². The predicted octanol–water partition coefficient (Wildman–Crippen LogP) is 2.35. The van der Waals surface area contributed by atoms with Crippen molar-refractivity contribution in [3.05, 3.63) is 39.9 Å². The molecule has 0 amide bonds. The van der Waals surface area contributed by atoms with Gasteiger partial charge in [0.2, 0.25) is 0 Å². The first-order chi connectivity index (χ1) is 9.52. The second-order valence-electron chi connectivity index (χ2n) is 4.04. The van der Waals surface area contributed by atoms with Gasteiger partial charge in [-0.05, 0) is 29.7 Å². The van der Waals surface area contributed by atoms with E-state index in [1.165, 1.54) is 24.3 Å². The molecule has 1 aromatic carbocycles. The number of hydrogen-bond donors (Lipinski definition) is 0. The van der Waals surface area contributed by atoms with Gasteiger partial charge >= 0.3 is 5.97 Å². The minimum absolute atomic E-state index is 0.00658. The molecule has 0 unspecified atom stereocenters. The zero-order valence-corrected chi connectivity index (χ0v) is 11.9. The molecule has 0 N–H and O–H groups in total. The van der Waals surface area contributed by atoms with Crippen LogP contribution in [0.25, 0.3) is 0 Å². The number of esters is 1. The van der Waals surface area contributed by atoms with Crippen LogP contribution in [0.4, 0.5) is 5.69 Å². The first kappa shape index (κ1) is 16.2. The lowest BCUT2D eigenvalue weighted by molar-refractivity contribution is -0.384. The number of carbonyl (C=O) groups excluding carboxylic acids is 2. The summed E-state index contributed by atoms with van der Waals surface area (Å²) in [5.41, 5.74) is 0.618. The maximum absolute atomic E-state index is 11.4. The Morgan fingerprint density at radius 2 is 1.95 bits per heavy atom. The fraction of sp³-hybridized carbons (Fsp3) is 0.385. The fourth-order valence-corrected chi connectivity index (χ4v) is 1.83. The highest BCUT2D eigenvalue weighted by molar-refractivity contribution is 7.98. The minimum Gasteiger partial charge on any atom is -0.460 e. The first-order valence-corrected chi connectivity index (χ1v) is 7.32. The number of Topliss-reactive ketones (excluding diaryl/α,β-unsaturated/α-hetero) is 1. The highest BCUT2D eigenvalue weighted by Crippen LogP contribution is 2.12. The molecular formula is C13H15NO5S. The number of nitro benzene ring substituents is 1. The summed E-state index contributed by atoms with van der Waals surface area (Å²) in [5.74, 6) is -0.0309. The molecule has 0 spiro atoms. The number of hydrogen-bond acceptors (Lipinski definition) is 6. The second-order valence-corrected chi connectivity index (χ2v) is 5.03. The average Bonchev–Trinajstić information content (AvgIpc) is 2.43. The van der Waals surface area contributed by atoms with Gasteiger partial charge in [-0.3, -0.25) is 19.7 Å². The maximum Gasteiger partial charge on any atom is 0.313 e. The highest BCUT2D eigenvalue weighted by atomic mass is 32.2. The molecule has 20 heavy (non-hydrogen) atoms. The summed E-state index contributed by atoms with van der Waals surface area (Å²) < 4.78 is 4.94. The van der Waals surface area contributed by atoms with E-state index in [-0.39, 0.29) is 24.5 Å². The zero-order chi connectivity index (χ0) is 15.0. The van der Waals surface area contributed by atoms with Gasteiger partial charge in [0.15, 0.2) is 0 Å². The summed E-state index contributed by atoms with van der Waals surface area (Å²) in [4.78, 5) is 32.7. The molecule has 6 nitrogen and oxygen atoms in total. The quantitative estimate of drug-likeness (QED) is 0.317. The predicted molar refractivity (Wildman–Crippen MR) is 75.5 cm³/mol. The third-order valence-electron chi connectivity index (χ3n) is 2.47. The van der Waals surface area contributed by atoms with Crippen LogP contribution in [0, 0.1) is 10.1 Å². The number of carbonyl (C=O) groups is 2. The summed E-state index contributed by atoms with van der Waals surface area (Å²) in [6.45, 7) is 0.00658. The van der Waals surface area contributed by atoms with Crippen LogP contribution in [0.2, 0.25) is 0 Å². The van der Waals surface area contributed by atoms with Crippen molar-refractivity contribution in [3.63, 3.8) is 0 Å². The Balaban J connectivity index is 2.37. The Morgan fingerprint density at radius 1 is 1.30 bits per heavy atom. The Bertz CT molecular complexity index is 486. The highest BCUT2D eigenvalue weighted by Gasteiger charge is 2.11. The maximum atomic E-state index is 11.4. The van der Waals surface area contributed by atoms with Crippen LogP contribution in [0.3, 0.4) is 0 Å². The standard InChI is InChI=1S/C13H15NO5S/c1-20-7-6-12(15)8-13(16)19-9-10-2-4-11(5-3-10)14(17)18/h2-5H,6-9H2,1H3. The molecule has 108 valence electrons. The van der Waals surface area contributed by atoms with Gasteiger partial charge in [-0.25, -0.2) is 0 Å². The van der Waals surface area contributed by atoms with E-state index in [9.17, 15) is 19.7 Å². The summed E-state index contributed by atoms with van der Waals surface area (Å²) in [6, 6.07) is 5.71. The molecule has 0 radical (unpaired) electrons. The molecule has 1 aromatic rings. The largest absolute Gasteiger partial charge is 0.460 e. The monoisotopic (exact) mass is 297 g/mol. The first-order valence-electron chi connectivity index (χ1n) is 5.92. The number of ketones is 1. The lowest BCUT2D eigenvalue weighted by atomic mass is 10.2. The number of nitrogens with zero attached hydrogens (tertiary/aromatic N) is 1. The van der Waals surface area contributed by atoms with E-state index in [0.29, 0.717) is 17.7 Å². The molecule has 0 aliphatic heterocycles. The molecule has 0 aliphatic carbocycles. The van der Waals surface area contributed by atoms with Gasteiger partial charge in [0.25, 0.3) is 5.69 Å². The van der Waals surface area contributed by atoms with Crippen LogP contribution in [0.5, 0.6) is 0 Å². The molecule has 0 aromatic heterocycles. The Kier molecular flexibility index (Phi) is 6.72. The molecule has 1 rings (SSSR count). The van der Waals surface area contributed by atoms with Crippen molar-refractivity contribution in [2.24, 2.45) is 0 Å². The summed E-state index contributed by atoms with van der Waals surface area (Å²) >= 11 is 1.54. The van der Waals surface area contributed by atoms with E-state index in [1.54, 1.807) is 11.8 Å². The number of non-ortho nitro benzene ring substituents is 1. The Hall–Kier alpha value is -1.89. The van der Waals surface area contributed by atoms with Crippen LogP contribution in [-0.4, -0.2) is 28.7 Å². The van der Waals surface area contributed by atoms with Crippen molar-refractivity contribution in [1.82, 2.24) is 0 Å². The van der Waals surface area contributed by atoms with Crippen molar-refractivity contribution in [2.45, 2.75) is 19.4 Å². The molecule has 0 fully saturated rings. The lowest BCUT2D eigenvalue weighted by Crippen LogP contribution is -2.11. The van der Waals surface area contributed by atoms with Gasteiger partial charge in [0, 0.05) is 18.6 Å². The van der Waals surface area contributed by atoms with Crippen LogP contribution >= 0.6 is 11.8 Å². The van der Waals surface area contributed by atoms with E-state index in [1.807, 2.05) is 6.26 Å². The topological polar surface area (TPSA) is 86.5 Å². The van der Waals surface area contributed by atoms with Crippen molar-refractivity contribution >= 4 is 29.2 Å². The summed E-state index contributed by atoms with van der Waals surface area (Å²) in [7, 11) is 0. The van der Waals surface area contributed by atoms with Crippen molar-refractivity contribution < 1.29 is 19.2 Å². The van der Waals surface area contributed by atoms with Crippen molar-refractivity contribution in [2.75, 3.05) is 12.0 Å². The molecule has 7 heteroatoms. The SMILES string of the molecule is CSCCC(=O)CC(=O)OCc1ccc([N+](=O)[O-])cc1. The number of thioether (sulfide) groups is 1. The van der Waals surface area contributed by atoms with Gasteiger partial charge in [-0.15, -0.1) is 0 Å². The van der Waals surface area contributed by atoms with Crippen LogP contribution in [0.1, 0.15) is 18.4 Å². The third kappa shape index (κ3) is 5.83. The van der Waals surface area contributed by atoms with Gasteiger partial charge in [0.1, 0.15) is 18.8 Å². The van der Waals surface area contributed by atoms with Gasteiger partial charge in [-0.2, -0.15) is 11.8 Å². The molecule has 0 saturated carbocycles. The van der Waals surface area contributed by atoms with Crippen molar-refractivity contribution in [1.29, 1.82) is 0 Å².